The number of amides is 1. The number of nitrogens with one attached hydrogen (secondary N) is 1. The molecule has 3 heterocycles. The number of hydrogen-bond donors (Lipinski definition) is 2. The van der Waals surface area contributed by atoms with Crippen LogP contribution in [-0.2, 0) is 11.3 Å². The number of aromatic amines is 1. The second-order valence-electron chi connectivity index (χ2n) is 7.35. The van der Waals surface area contributed by atoms with Gasteiger partial charge < -0.3 is 14.7 Å². The molecular formula is C21H25N5O3. The maximum absolute atomic E-state index is 13.1. The van der Waals surface area contributed by atoms with Crippen molar-refractivity contribution >= 4 is 5.91 Å². The number of ether oxygens (including phenoxy) is 1. The van der Waals surface area contributed by atoms with Gasteiger partial charge in [-0.15, -0.1) is 0 Å². The molecule has 1 fully saturated rings. The fraction of sp³-hybridized carbons (Fsp3) is 0.381. The predicted molar refractivity (Wildman–Crippen MR) is 107 cm³/mol. The van der Waals surface area contributed by atoms with Crippen LogP contribution in [0.15, 0.2) is 30.3 Å². The number of aryl methyl sites for hydroxylation is 2. The molecule has 29 heavy (non-hydrogen) atoms. The summed E-state index contributed by atoms with van der Waals surface area (Å²) in [6, 6.07) is 9.87. The van der Waals surface area contributed by atoms with Gasteiger partial charge in [0.2, 0.25) is 0 Å². The van der Waals surface area contributed by atoms with Crippen LogP contribution in [0.1, 0.15) is 44.7 Å². The van der Waals surface area contributed by atoms with Crippen molar-refractivity contribution in [2.75, 3.05) is 19.8 Å². The SMILES string of the molecule is Cc1n[nH]c(C(=O)N2CCOCC2c2c(C)nn(Cc3ccccc3)c2C)c1O. The number of H-pyrrole nitrogens is 1. The van der Waals surface area contributed by atoms with E-state index < -0.39 is 0 Å². The van der Waals surface area contributed by atoms with Crippen molar-refractivity contribution in [3.05, 3.63) is 64.2 Å². The standard InChI is InChI=1S/C21H25N5O3/c1-13-18(15(3)26(24-13)11-16-7-5-4-6-8-16)17-12-29-10-9-25(17)21(28)19-20(27)14(2)22-23-19/h4-8,17,27H,9-12H2,1-3H3,(H,22,23). The first kappa shape index (κ1) is 19.2. The lowest BCUT2D eigenvalue weighted by Crippen LogP contribution is -2.44. The Labute approximate surface area is 169 Å². The van der Waals surface area contributed by atoms with E-state index in [0.29, 0.717) is 32.0 Å². The molecule has 8 heteroatoms. The Morgan fingerprint density at radius 1 is 1.24 bits per heavy atom. The summed E-state index contributed by atoms with van der Waals surface area (Å²) in [5.41, 5.74) is 4.55. The van der Waals surface area contributed by atoms with E-state index in [0.717, 1.165) is 22.5 Å². The van der Waals surface area contributed by atoms with E-state index in [9.17, 15) is 9.90 Å². The molecule has 1 amide bonds. The van der Waals surface area contributed by atoms with Crippen molar-refractivity contribution in [1.29, 1.82) is 0 Å². The van der Waals surface area contributed by atoms with E-state index in [1.54, 1.807) is 11.8 Å². The molecule has 1 aliphatic heterocycles. The Hall–Kier alpha value is -3.13. The maximum Gasteiger partial charge on any atom is 0.276 e. The molecule has 1 saturated heterocycles. The molecule has 1 aromatic carbocycles. The summed E-state index contributed by atoms with van der Waals surface area (Å²) in [6.45, 7) is 7.57. The number of hydrogen-bond acceptors (Lipinski definition) is 5. The fourth-order valence-electron chi connectivity index (χ4n) is 3.91. The molecule has 2 aromatic heterocycles. The molecule has 2 N–H and O–H groups in total. The zero-order chi connectivity index (χ0) is 20.5. The molecule has 0 radical (unpaired) electrons. The maximum atomic E-state index is 13.1. The first-order chi connectivity index (χ1) is 14.0. The van der Waals surface area contributed by atoms with E-state index in [4.69, 9.17) is 9.84 Å². The Balaban J connectivity index is 1.67. The van der Waals surface area contributed by atoms with Crippen molar-refractivity contribution in [2.45, 2.75) is 33.4 Å². The van der Waals surface area contributed by atoms with Crippen molar-refractivity contribution in [1.82, 2.24) is 24.9 Å². The van der Waals surface area contributed by atoms with Gasteiger partial charge in [0.25, 0.3) is 5.91 Å². The number of carbonyl (C=O) groups is 1. The Morgan fingerprint density at radius 2 is 2.00 bits per heavy atom. The second kappa shape index (κ2) is 7.71. The van der Waals surface area contributed by atoms with Gasteiger partial charge in [-0.25, -0.2) is 0 Å². The molecule has 8 nitrogen and oxygen atoms in total. The highest BCUT2D eigenvalue weighted by molar-refractivity contribution is 5.95. The van der Waals surface area contributed by atoms with Crippen molar-refractivity contribution in [3.63, 3.8) is 0 Å². The Bertz CT molecular complexity index is 1020. The number of nitrogens with zero attached hydrogens (tertiary/aromatic N) is 4. The minimum atomic E-state index is -0.286. The third-order valence-corrected chi connectivity index (χ3v) is 5.46. The highest BCUT2D eigenvalue weighted by Gasteiger charge is 2.35. The van der Waals surface area contributed by atoms with Gasteiger partial charge in [-0.2, -0.15) is 10.2 Å². The molecule has 0 saturated carbocycles. The number of morpholine rings is 1. The summed E-state index contributed by atoms with van der Waals surface area (Å²) in [6.07, 6.45) is 0. The van der Waals surface area contributed by atoms with Gasteiger partial charge in [0.1, 0.15) is 5.69 Å². The third kappa shape index (κ3) is 3.51. The molecule has 4 rings (SSSR count). The fourth-order valence-corrected chi connectivity index (χ4v) is 3.91. The number of rotatable bonds is 4. The zero-order valence-corrected chi connectivity index (χ0v) is 16.8. The molecule has 0 bridgehead atoms. The molecule has 1 aliphatic rings. The first-order valence-corrected chi connectivity index (χ1v) is 9.67. The zero-order valence-electron chi connectivity index (χ0n) is 16.8. The van der Waals surface area contributed by atoms with Gasteiger partial charge in [0, 0.05) is 17.8 Å². The largest absolute Gasteiger partial charge is 0.504 e. The first-order valence-electron chi connectivity index (χ1n) is 9.67. The molecule has 1 atom stereocenters. The van der Waals surface area contributed by atoms with Crippen LogP contribution < -0.4 is 0 Å². The summed E-state index contributed by atoms with van der Waals surface area (Å²) in [5, 5.41) is 21.5. The number of aromatic nitrogens is 4. The van der Waals surface area contributed by atoms with Gasteiger partial charge in [-0.05, 0) is 26.3 Å². The average Bonchev–Trinajstić information content (AvgIpc) is 3.20. The topological polar surface area (TPSA) is 96.3 Å². The van der Waals surface area contributed by atoms with Crippen molar-refractivity contribution in [2.24, 2.45) is 0 Å². The van der Waals surface area contributed by atoms with Crippen molar-refractivity contribution < 1.29 is 14.6 Å². The van der Waals surface area contributed by atoms with E-state index >= 15 is 0 Å². The third-order valence-electron chi connectivity index (χ3n) is 5.46. The normalized spacial score (nSPS) is 16.9. The van der Waals surface area contributed by atoms with E-state index in [1.807, 2.05) is 36.7 Å². The van der Waals surface area contributed by atoms with Crippen LogP contribution >= 0.6 is 0 Å². The summed E-state index contributed by atoms with van der Waals surface area (Å²) in [7, 11) is 0. The molecule has 0 aliphatic carbocycles. The quantitative estimate of drug-likeness (QED) is 0.708. The van der Waals surface area contributed by atoms with Crippen LogP contribution in [0.25, 0.3) is 0 Å². The van der Waals surface area contributed by atoms with Gasteiger partial charge in [-0.1, -0.05) is 30.3 Å². The van der Waals surface area contributed by atoms with Crippen LogP contribution in [0.3, 0.4) is 0 Å². The van der Waals surface area contributed by atoms with Gasteiger partial charge >= 0.3 is 0 Å². The predicted octanol–water partition coefficient (Wildman–Crippen LogP) is 2.50. The second-order valence-corrected chi connectivity index (χ2v) is 7.35. The van der Waals surface area contributed by atoms with Crippen LogP contribution in [0.5, 0.6) is 5.75 Å². The van der Waals surface area contributed by atoms with Crippen LogP contribution in [-0.4, -0.2) is 55.6 Å². The highest BCUT2D eigenvalue weighted by Crippen LogP contribution is 2.32. The summed E-state index contributed by atoms with van der Waals surface area (Å²) in [5.74, 6) is -0.389. The lowest BCUT2D eigenvalue weighted by atomic mass is 10.0. The minimum Gasteiger partial charge on any atom is -0.504 e. The van der Waals surface area contributed by atoms with Crippen molar-refractivity contribution in [3.8, 4) is 5.75 Å². The van der Waals surface area contributed by atoms with E-state index in [-0.39, 0.29) is 23.4 Å². The Morgan fingerprint density at radius 3 is 2.69 bits per heavy atom. The number of benzene rings is 1. The molecule has 3 aromatic rings. The van der Waals surface area contributed by atoms with Gasteiger partial charge in [0.15, 0.2) is 11.4 Å². The highest BCUT2D eigenvalue weighted by atomic mass is 16.5. The lowest BCUT2D eigenvalue weighted by Gasteiger charge is -2.35. The molecular weight excluding hydrogens is 370 g/mol. The van der Waals surface area contributed by atoms with E-state index in [2.05, 4.69) is 22.3 Å². The average molecular weight is 395 g/mol. The monoisotopic (exact) mass is 395 g/mol. The smallest absolute Gasteiger partial charge is 0.276 e. The van der Waals surface area contributed by atoms with Gasteiger partial charge in [0.05, 0.1) is 31.5 Å². The van der Waals surface area contributed by atoms with Crippen LogP contribution in [0, 0.1) is 20.8 Å². The number of carbonyl (C=O) groups excluding carboxylic acids is 1. The van der Waals surface area contributed by atoms with Gasteiger partial charge in [-0.3, -0.25) is 14.6 Å². The summed E-state index contributed by atoms with van der Waals surface area (Å²) >= 11 is 0. The van der Waals surface area contributed by atoms with Crippen LogP contribution in [0.4, 0.5) is 0 Å². The summed E-state index contributed by atoms with van der Waals surface area (Å²) < 4.78 is 7.67. The number of aromatic hydroxyl groups is 1. The molecule has 152 valence electrons. The Kier molecular flexibility index (Phi) is 5.10. The molecule has 0 spiro atoms. The lowest BCUT2D eigenvalue weighted by molar-refractivity contribution is -0.00350. The van der Waals surface area contributed by atoms with Crippen LogP contribution in [0.2, 0.25) is 0 Å². The molecule has 1 unspecified atom stereocenters. The summed E-state index contributed by atoms with van der Waals surface area (Å²) in [4.78, 5) is 14.9. The minimum absolute atomic E-state index is 0.103. The van der Waals surface area contributed by atoms with E-state index in [1.165, 1.54) is 0 Å².